The molecule has 47 heavy (non-hydrogen) atoms. The molecule has 2 saturated carbocycles. The highest BCUT2D eigenvalue weighted by atomic mass is 19.4. The van der Waals surface area contributed by atoms with E-state index >= 15 is 0 Å². The summed E-state index contributed by atoms with van der Waals surface area (Å²) in [6, 6.07) is 4.89. The van der Waals surface area contributed by atoms with Crippen LogP contribution in [-0.4, -0.2) is 66.9 Å². The van der Waals surface area contributed by atoms with Crippen molar-refractivity contribution in [3.8, 4) is 0 Å². The summed E-state index contributed by atoms with van der Waals surface area (Å²) >= 11 is 0. The Labute approximate surface area is 268 Å². The van der Waals surface area contributed by atoms with Gasteiger partial charge in [-0.2, -0.15) is 26.3 Å². The van der Waals surface area contributed by atoms with Crippen LogP contribution in [-0.2, 0) is 21.9 Å². The average molecular weight is 671 g/mol. The molecule has 7 nitrogen and oxygen atoms in total. The van der Waals surface area contributed by atoms with Crippen LogP contribution >= 0.6 is 0 Å². The first kappa shape index (κ1) is 34.5. The Morgan fingerprint density at radius 1 is 0.787 bits per heavy atom. The summed E-state index contributed by atoms with van der Waals surface area (Å²) in [5.41, 5.74) is -3.09. The number of rotatable bonds is 6. The van der Waals surface area contributed by atoms with E-state index in [4.69, 9.17) is 0 Å². The minimum Gasteiger partial charge on any atom is -0.353 e. The summed E-state index contributed by atoms with van der Waals surface area (Å²) in [6.07, 6.45) is -4.92. The van der Waals surface area contributed by atoms with Gasteiger partial charge in [0.25, 0.3) is 0 Å². The van der Waals surface area contributed by atoms with Crippen molar-refractivity contribution in [1.82, 2.24) is 15.1 Å². The number of hydrogen-bond donors (Lipinski definition) is 1. The van der Waals surface area contributed by atoms with E-state index in [0.717, 1.165) is 31.2 Å². The molecule has 256 valence electrons. The third kappa shape index (κ3) is 7.67. The summed E-state index contributed by atoms with van der Waals surface area (Å²) in [6.45, 7) is 0.238. The number of nitrogens with zero attached hydrogens (tertiary/aromatic N) is 3. The van der Waals surface area contributed by atoms with Gasteiger partial charge in [-0.25, -0.2) is 9.18 Å². The maximum atomic E-state index is 13.8. The van der Waals surface area contributed by atoms with Crippen molar-refractivity contribution in [1.29, 1.82) is 0 Å². The molecule has 14 heteroatoms. The number of benzene rings is 2. The molecule has 2 aromatic rings. The fourth-order valence-electron chi connectivity index (χ4n) is 6.75. The van der Waals surface area contributed by atoms with Crippen LogP contribution in [0.25, 0.3) is 0 Å². The van der Waals surface area contributed by atoms with Gasteiger partial charge < -0.3 is 15.1 Å². The van der Waals surface area contributed by atoms with E-state index in [1.165, 1.54) is 36.2 Å². The molecule has 2 aliphatic carbocycles. The lowest BCUT2D eigenvalue weighted by Gasteiger charge is -2.34. The second-order valence-corrected chi connectivity index (χ2v) is 12.9. The second-order valence-electron chi connectivity index (χ2n) is 12.9. The third-order valence-corrected chi connectivity index (χ3v) is 9.84. The van der Waals surface area contributed by atoms with Gasteiger partial charge in [-0.3, -0.25) is 14.5 Å². The van der Waals surface area contributed by atoms with Gasteiger partial charge in [0.05, 0.1) is 17.2 Å². The van der Waals surface area contributed by atoms with Crippen LogP contribution < -0.4 is 10.2 Å². The molecule has 1 saturated heterocycles. The normalized spacial score (nSPS) is 23.6. The van der Waals surface area contributed by atoms with Crippen molar-refractivity contribution in [2.75, 3.05) is 32.1 Å². The van der Waals surface area contributed by atoms with Crippen LogP contribution in [0.15, 0.2) is 42.5 Å². The lowest BCUT2D eigenvalue weighted by Crippen LogP contribution is -2.48. The molecule has 0 radical (unpaired) electrons. The zero-order chi connectivity index (χ0) is 34.3. The number of likely N-dealkylation sites (tertiary alicyclic amines) is 1. The number of carbonyl (C=O) groups excluding carboxylic acids is 3. The maximum absolute atomic E-state index is 13.8. The Morgan fingerprint density at radius 3 is 1.87 bits per heavy atom. The molecule has 1 N–H and O–H groups in total. The molecule has 5 rings (SSSR count). The van der Waals surface area contributed by atoms with Crippen LogP contribution in [0.4, 0.5) is 41.2 Å². The number of carbonyl (C=O) groups is 3. The van der Waals surface area contributed by atoms with Crippen molar-refractivity contribution >= 4 is 23.5 Å². The van der Waals surface area contributed by atoms with Gasteiger partial charge in [0.1, 0.15) is 5.82 Å². The molecule has 1 aliphatic heterocycles. The monoisotopic (exact) mass is 670 g/mol. The van der Waals surface area contributed by atoms with Gasteiger partial charge in [0, 0.05) is 56.7 Å². The van der Waals surface area contributed by atoms with E-state index in [0.29, 0.717) is 43.4 Å². The average Bonchev–Trinajstić information content (AvgIpc) is 3.44. The van der Waals surface area contributed by atoms with Crippen LogP contribution in [0, 0.1) is 17.7 Å². The topological polar surface area (TPSA) is 73.0 Å². The Morgan fingerprint density at radius 2 is 1.36 bits per heavy atom. The van der Waals surface area contributed by atoms with E-state index in [1.54, 1.807) is 4.90 Å². The molecular weight excluding hydrogens is 633 g/mol. The summed E-state index contributed by atoms with van der Waals surface area (Å²) in [5.74, 6) is -1.32. The number of amides is 4. The predicted molar refractivity (Wildman–Crippen MR) is 159 cm³/mol. The number of hydrogen-bond acceptors (Lipinski definition) is 3. The number of urea groups is 1. The summed E-state index contributed by atoms with van der Waals surface area (Å²) < 4.78 is 94.8. The highest BCUT2D eigenvalue weighted by molar-refractivity contribution is 5.92. The Hall–Kier alpha value is -3.84. The van der Waals surface area contributed by atoms with Crippen molar-refractivity contribution in [3.05, 3.63) is 65.0 Å². The smallest absolute Gasteiger partial charge is 0.353 e. The fourth-order valence-corrected chi connectivity index (χ4v) is 6.75. The van der Waals surface area contributed by atoms with Gasteiger partial charge in [-0.1, -0.05) is 18.6 Å². The molecule has 1 heterocycles. The standard InChI is InChI=1S/C33H37F7N4O3/c1-42(26-15-22(32(35,36)37)14-23(16-26)33(38,39)40)31(47)43(2)28-18-44(17-27(28)19-6-10-24(34)11-7-19)30(46)21-8-12-25(13-9-21)41-29(45)20-4-3-5-20/h6-7,10-11,14-16,20-21,25,27-28H,3-5,8-9,12-13,17-18H2,1-2H3,(H,41,45)/t21-,25-,27-,28+/m0/s1. The second kappa shape index (κ2) is 13.3. The van der Waals surface area contributed by atoms with Gasteiger partial charge >= 0.3 is 18.4 Å². The van der Waals surface area contributed by atoms with E-state index in [9.17, 15) is 45.1 Å². The SMILES string of the molecule is CN(C(=O)N(C)[C@@H]1CN(C(=O)[C@H]2CC[C@H](NC(=O)C3CCC3)CC2)C[C@H]1c1ccc(F)cc1)c1cc(C(F)(F)F)cc(C(F)(F)F)c1. The minimum absolute atomic E-state index is 0.00144. The van der Waals surface area contributed by atoms with E-state index in [-0.39, 0.29) is 48.8 Å². The van der Waals surface area contributed by atoms with E-state index < -0.39 is 53.0 Å². The third-order valence-electron chi connectivity index (χ3n) is 9.84. The molecule has 3 fully saturated rings. The maximum Gasteiger partial charge on any atom is 0.416 e. The van der Waals surface area contributed by atoms with Crippen molar-refractivity contribution in [3.63, 3.8) is 0 Å². The summed E-state index contributed by atoms with van der Waals surface area (Å²) in [7, 11) is 2.46. The van der Waals surface area contributed by atoms with Gasteiger partial charge in [0.2, 0.25) is 11.8 Å². The number of anilines is 1. The molecule has 2 aromatic carbocycles. The first-order valence-corrected chi connectivity index (χ1v) is 15.7. The van der Waals surface area contributed by atoms with Gasteiger partial charge in [-0.05, 0) is 74.4 Å². The summed E-state index contributed by atoms with van der Waals surface area (Å²) in [5, 5.41) is 3.10. The lowest BCUT2D eigenvalue weighted by molar-refractivity contribution is -0.143. The van der Waals surface area contributed by atoms with Crippen LogP contribution in [0.3, 0.4) is 0 Å². The quantitative estimate of drug-likeness (QED) is 0.343. The molecule has 0 spiro atoms. The Balaban J connectivity index is 1.33. The van der Waals surface area contributed by atoms with Crippen LogP contribution in [0.5, 0.6) is 0 Å². The van der Waals surface area contributed by atoms with Crippen LogP contribution in [0.2, 0.25) is 0 Å². The Kier molecular flexibility index (Phi) is 9.79. The lowest BCUT2D eigenvalue weighted by atomic mass is 9.82. The first-order chi connectivity index (χ1) is 22.0. The van der Waals surface area contributed by atoms with E-state index in [2.05, 4.69) is 5.32 Å². The van der Waals surface area contributed by atoms with Crippen molar-refractivity contribution in [2.24, 2.45) is 11.8 Å². The largest absolute Gasteiger partial charge is 0.416 e. The molecule has 2 atom stereocenters. The molecule has 3 aliphatic rings. The highest BCUT2D eigenvalue weighted by Gasteiger charge is 2.44. The number of halogens is 7. The van der Waals surface area contributed by atoms with Gasteiger partial charge in [0.15, 0.2) is 0 Å². The minimum atomic E-state index is -5.09. The van der Waals surface area contributed by atoms with Crippen molar-refractivity contribution in [2.45, 2.75) is 75.3 Å². The van der Waals surface area contributed by atoms with Crippen LogP contribution in [0.1, 0.15) is 67.6 Å². The zero-order valence-corrected chi connectivity index (χ0v) is 26.0. The first-order valence-electron chi connectivity index (χ1n) is 15.7. The number of alkyl halides is 6. The molecule has 0 aromatic heterocycles. The highest BCUT2D eigenvalue weighted by Crippen LogP contribution is 2.39. The number of nitrogens with one attached hydrogen (secondary N) is 1. The molecular formula is C33H37F7N4O3. The summed E-state index contributed by atoms with van der Waals surface area (Å²) in [4.78, 5) is 43.3. The van der Waals surface area contributed by atoms with Gasteiger partial charge in [-0.15, -0.1) is 0 Å². The Bertz CT molecular complexity index is 1440. The molecule has 4 amide bonds. The predicted octanol–water partition coefficient (Wildman–Crippen LogP) is 6.82. The molecule has 0 unspecified atom stereocenters. The number of likely N-dealkylation sites (N-methyl/N-ethyl adjacent to an activating group) is 1. The molecule has 0 bridgehead atoms. The fraction of sp³-hybridized carbons (Fsp3) is 0.545. The van der Waals surface area contributed by atoms with Crippen molar-refractivity contribution < 1.29 is 45.1 Å². The van der Waals surface area contributed by atoms with E-state index in [1.807, 2.05) is 0 Å². The zero-order valence-electron chi connectivity index (χ0n) is 26.0.